The van der Waals surface area contributed by atoms with Crippen LogP contribution in [0.15, 0.2) is 48.5 Å². The van der Waals surface area contributed by atoms with Crippen molar-refractivity contribution in [3.05, 3.63) is 70.8 Å². The molecule has 14 heteroatoms. The molecule has 2 aromatic rings. The number of carbonyl (C=O) groups excluding carboxylic acids is 1. The minimum Gasteiger partial charge on any atom is -0.481 e. The lowest BCUT2D eigenvalue weighted by molar-refractivity contribution is -0.144. The van der Waals surface area contributed by atoms with Gasteiger partial charge < -0.3 is 5.11 Å². The summed E-state index contributed by atoms with van der Waals surface area (Å²) in [6.07, 6.45) is -9.04. The average Bonchev–Trinajstić information content (AvgIpc) is 2.83. The highest BCUT2D eigenvalue weighted by molar-refractivity contribution is 7.87. The molecule has 1 fully saturated rings. The summed E-state index contributed by atoms with van der Waals surface area (Å²) in [6, 6.07) is 8.30. The fourth-order valence-corrected chi connectivity index (χ4v) is 5.45. The Bertz CT molecular complexity index is 1230. The van der Waals surface area contributed by atoms with E-state index in [1.165, 1.54) is 0 Å². The molecule has 2 N–H and O–H groups in total. The van der Waals surface area contributed by atoms with Gasteiger partial charge in [0.2, 0.25) is 0 Å². The van der Waals surface area contributed by atoms with Crippen LogP contribution in [0.4, 0.5) is 26.3 Å². The van der Waals surface area contributed by atoms with Crippen LogP contribution < -0.4 is 4.72 Å². The van der Waals surface area contributed by atoms with E-state index in [4.69, 9.17) is 0 Å². The van der Waals surface area contributed by atoms with Crippen molar-refractivity contribution in [1.82, 2.24) is 9.03 Å². The van der Waals surface area contributed by atoms with Gasteiger partial charge in [-0.2, -0.15) is 39.1 Å². The molecule has 38 heavy (non-hydrogen) atoms. The van der Waals surface area contributed by atoms with Crippen molar-refractivity contribution in [3.63, 3.8) is 0 Å². The molecule has 1 aliphatic carbocycles. The van der Waals surface area contributed by atoms with Gasteiger partial charge in [-0.05, 0) is 55.4 Å². The first-order valence-corrected chi connectivity index (χ1v) is 12.9. The number of carbonyl (C=O) groups is 2. The van der Waals surface area contributed by atoms with Crippen LogP contribution in [-0.2, 0) is 33.9 Å². The Balaban J connectivity index is 1.88. The topological polar surface area (TPSA) is 104 Å². The van der Waals surface area contributed by atoms with Gasteiger partial charge >= 0.3 is 28.5 Å². The van der Waals surface area contributed by atoms with Crippen LogP contribution in [0.1, 0.15) is 52.7 Å². The summed E-state index contributed by atoms with van der Waals surface area (Å²) < 4.78 is 108. The van der Waals surface area contributed by atoms with Crippen LogP contribution in [0.25, 0.3) is 0 Å². The van der Waals surface area contributed by atoms with Gasteiger partial charge in [0.25, 0.3) is 5.91 Å². The number of aliphatic carboxylic acids is 1. The number of halogens is 6. The molecule has 3 rings (SSSR count). The van der Waals surface area contributed by atoms with Gasteiger partial charge in [-0.25, -0.2) is 4.72 Å². The first-order valence-electron chi connectivity index (χ1n) is 11.4. The highest BCUT2D eigenvalue weighted by Gasteiger charge is 2.38. The van der Waals surface area contributed by atoms with Gasteiger partial charge in [-0.3, -0.25) is 9.59 Å². The summed E-state index contributed by atoms with van der Waals surface area (Å²) in [6.45, 7) is -0.376. The number of hydrogen-bond acceptors (Lipinski definition) is 4. The number of hydrogen-bond donors (Lipinski definition) is 2. The fourth-order valence-electron chi connectivity index (χ4n) is 4.24. The zero-order valence-corrected chi connectivity index (χ0v) is 20.5. The first-order chi connectivity index (χ1) is 17.6. The monoisotopic (exact) mass is 566 g/mol. The maximum absolute atomic E-state index is 13.2. The van der Waals surface area contributed by atoms with Crippen LogP contribution in [0.2, 0.25) is 0 Å². The number of nitrogens with zero attached hydrogens (tertiary/aromatic N) is 1. The minimum absolute atomic E-state index is 0.139. The zero-order chi connectivity index (χ0) is 28.3. The third-order valence-electron chi connectivity index (χ3n) is 6.27. The van der Waals surface area contributed by atoms with Crippen LogP contribution in [0.3, 0.4) is 0 Å². The standard InChI is InChI=1S/C24H24F6N2O5S/c25-23(26,27)19-10-18(11-20(12-19)24(28,29)30)21(33)31-38(36,37)32(13-15-4-2-1-3-5-15)14-16-6-8-17(9-7-16)22(34)35/h1-5,10-12,16-17H,6-9,13-14H2,(H,31,33)(H,34,35). The van der Waals surface area contributed by atoms with Gasteiger partial charge in [-0.1, -0.05) is 30.3 Å². The smallest absolute Gasteiger partial charge is 0.416 e. The number of carboxylic acids is 1. The van der Waals surface area contributed by atoms with Crippen LogP contribution in [0, 0.1) is 11.8 Å². The summed E-state index contributed by atoms with van der Waals surface area (Å²) in [7, 11) is -4.74. The lowest BCUT2D eigenvalue weighted by Gasteiger charge is -2.31. The maximum atomic E-state index is 13.2. The summed E-state index contributed by atoms with van der Waals surface area (Å²) in [5.74, 6) is -3.45. The third kappa shape index (κ3) is 7.69. The van der Waals surface area contributed by atoms with E-state index in [-0.39, 0.29) is 37.2 Å². The quantitative estimate of drug-likeness (QED) is 0.434. The van der Waals surface area contributed by atoms with Gasteiger partial charge in [0.1, 0.15) is 0 Å². The molecule has 0 bridgehead atoms. The molecule has 0 radical (unpaired) electrons. The second-order valence-electron chi connectivity index (χ2n) is 9.06. The molecular formula is C24H24F6N2O5S. The summed E-state index contributed by atoms with van der Waals surface area (Å²) >= 11 is 0. The lowest BCUT2D eigenvalue weighted by atomic mass is 9.82. The second-order valence-corrected chi connectivity index (χ2v) is 10.7. The molecule has 0 unspecified atom stereocenters. The van der Waals surface area contributed by atoms with E-state index in [0.717, 1.165) is 4.31 Å². The molecule has 0 atom stereocenters. The Morgan fingerprint density at radius 3 is 1.89 bits per heavy atom. The van der Waals surface area contributed by atoms with Crippen molar-refractivity contribution in [3.8, 4) is 0 Å². The molecule has 1 amide bonds. The van der Waals surface area contributed by atoms with E-state index < -0.39 is 57.0 Å². The van der Waals surface area contributed by atoms with Gasteiger partial charge in [0, 0.05) is 18.7 Å². The Morgan fingerprint density at radius 1 is 0.895 bits per heavy atom. The third-order valence-corrected chi connectivity index (χ3v) is 7.67. The normalized spacial score (nSPS) is 18.8. The second kappa shape index (κ2) is 11.3. The number of amides is 1. The molecule has 0 heterocycles. The van der Waals surface area contributed by atoms with E-state index in [1.807, 2.05) is 0 Å². The minimum atomic E-state index is -5.22. The van der Waals surface area contributed by atoms with Crippen LogP contribution in [-0.4, -0.2) is 36.3 Å². The molecular weight excluding hydrogens is 542 g/mol. The van der Waals surface area contributed by atoms with Crippen molar-refractivity contribution < 1.29 is 49.5 Å². The first kappa shape index (κ1) is 29.4. The Labute approximate surface area is 214 Å². The summed E-state index contributed by atoms with van der Waals surface area (Å²) in [4.78, 5) is 23.9. The van der Waals surface area contributed by atoms with Crippen molar-refractivity contribution in [2.75, 3.05) is 6.54 Å². The average molecular weight is 567 g/mol. The summed E-state index contributed by atoms with van der Waals surface area (Å²) in [5, 5.41) is 9.18. The molecule has 1 aliphatic rings. The van der Waals surface area contributed by atoms with E-state index in [2.05, 4.69) is 0 Å². The molecule has 1 saturated carbocycles. The predicted octanol–water partition coefficient (Wildman–Crippen LogP) is 5.09. The van der Waals surface area contributed by atoms with Crippen molar-refractivity contribution in [2.24, 2.45) is 11.8 Å². The molecule has 0 aromatic heterocycles. The van der Waals surface area contributed by atoms with E-state index in [1.54, 1.807) is 35.1 Å². The van der Waals surface area contributed by atoms with E-state index in [9.17, 15) is 49.5 Å². The molecule has 208 valence electrons. The number of rotatable bonds is 8. The fraction of sp³-hybridized carbons (Fsp3) is 0.417. The molecule has 7 nitrogen and oxygen atoms in total. The number of alkyl halides is 6. The van der Waals surface area contributed by atoms with E-state index in [0.29, 0.717) is 31.2 Å². The van der Waals surface area contributed by atoms with Gasteiger partial charge in [-0.15, -0.1) is 0 Å². The largest absolute Gasteiger partial charge is 0.481 e. The Hall–Kier alpha value is -3.13. The lowest BCUT2D eigenvalue weighted by Crippen LogP contribution is -2.45. The number of nitrogens with one attached hydrogen (secondary N) is 1. The molecule has 2 aromatic carbocycles. The number of benzene rings is 2. The molecule has 0 saturated heterocycles. The van der Waals surface area contributed by atoms with Crippen molar-refractivity contribution in [2.45, 2.75) is 44.6 Å². The molecule has 0 aliphatic heterocycles. The van der Waals surface area contributed by atoms with Crippen molar-refractivity contribution in [1.29, 1.82) is 0 Å². The Morgan fingerprint density at radius 2 is 1.42 bits per heavy atom. The maximum Gasteiger partial charge on any atom is 0.416 e. The highest BCUT2D eigenvalue weighted by Crippen LogP contribution is 2.36. The molecule has 0 spiro atoms. The summed E-state index contributed by atoms with van der Waals surface area (Å²) in [5.41, 5.74) is -4.13. The van der Waals surface area contributed by atoms with Crippen LogP contribution >= 0.6 is 0 Å². The van der Waals surface area contributed by atoms with Gasteiger partial charge in [0.05, 0.1) is 17.0 Å². The zero-order valence-electron chi connectivity index (χ0n) is 19.7. The predicted molar refractivity (Wildman–Crippen MR) is 123 cm³/mol. The van der Waals surface area contributed by atoms with Gasteiger partial charge in [0.15, 0.2) is 0 Å². The van der Waals surface area contributed by atoms with Crippen molar-refractivity contribution >= 4 is 22.1 Å². The van der Waals surface area contributed by atoms with E-state index >= 15 is 0 Å². The highest BCUT2D eigenvalue weighted by atomic mass is 32.2. The number of carboxylic acid groups (broad SMARTS) is 1. The Kier molecular flexibility index (Phi) is 8.76. The SMILES string of the molecule is O=C(NS(=O)(=O)N(Cc1ccccc1)CC1CCC(C(=O)O)CC1)c1cc(C(F)(F)F)cc(C(F)(F)F)c1. The van der Waals surface area contributed by atoms with Crippen LogP contribution in [0.5, 0.6) is 0 Å².